The van der Waals surface area contributed by atoms with Crippen molar-refractivity contribution >= 4 is 5.69 Å². The van der Waals surface area contributed by atoms with Gasteiger partial charge >= 0.3 is 0 Å². The van der Waals surface area contributed by atoms with Crippen LogP contribution >= 0.6 is 0 Å². The molecule has 2 atom stereocenters. The summed E-state index contributed by atoms with van der Waals surface area (Å²) >= 11 is 0. The Morgan fingerprint density at radius 3 is 2.44 bits per heavy atom. The van der Waals surface area contributed by atoms with Gasteiger partial charge in [0.1, 0.15) is 0 Å². The van der Waals surface area contributed by atoms with Crippen molar-refractivity contribution in [3.05, 3.63) is 29.8 Å². The highest BCUT2D eigenvalue weighted by Gasteiger charge is 2.33. The summed E-state index contributed by atoms with van der Waals surface area (Å²) in [5.74, 6) is 0. The predicted octanol–water partition coefficient (Wildman–Crippen LogP) is 1.75. The van der Waals surface area contributed by atoms with Gasteiger partial charge in [0, 0.05) is 24.3 Å². The van der Waals surface area contributed by atoms with Gasteiger partial charge in [0.15, 0.2) is 0 Å². The van der Waals surface area contributed by atoms with Gasteiger partial charge in [-0.3, -0.25) is 4.90 Å². The molecule has 0 aliphatic carbocycles. The Morgan fingerprint density at radius 2 is 1.88 bits per heavy atom. The van der Waals surface area contributed by atoms with E-state index in [9.17, 15) is 0 Å². The smallest absolute Gasteiger partial charge is 0.0502 e. The molecule has 2 rings (SSSR count). The van der Waals surface area contributed by atoms with Gasteiger partial charge in [-0.05, 0) is 38.0 Å². The largest absolute Gasteiger partial charge is 0.399 e. The minimum atomic E-state index is 0.242. The topological polar surface area (TPSA) is 55.3 Å². The van der Waals surface area contributed by atoms with Crippen molar-refractivity contribution in [2.45, 2.75) is 38.4 Å². The van der Waals surface area contributed by atoms with Gasteiger partial charge < -0.3 is 11.5 Å². The molecule has 88 valence electrons. The van der Waals surface area contributed by atoms with E-state index in [1.165, 1.54) is 5.56 Å². The van der Waals surface area contributed by atoms with Crippen molar-refractivity contribution in [3.63, 3.8) is 0 Å². The molecular weight excluding hydrogens is 198 g/mol. The molecule has 3 nitrogen and oxygen atoms in total. The number of nitrogens with zero attached hydrogens (tertiary/aromatic N) is 1. The maximum Gasteiger partial charge on any atom is 0.0502 e. The van der Waals surface area contributed by atoms with Crippen LogP contribution in [0.1, 0.15) is 31.9 Å². The number of nitrogen functional groups attached to an aromatic ring is 1. The third-order valence-corrected chi connectivity index (χ3v) is 3.42. The van der Waals surface area contributed by atoms with Crippen molar-refractivity contribution in [3.8, 4) is 0 Å². The third kappa shape index (κ3) is 2.06. The molecule has 0 unspecified atom stereocenters. The molecule has 0 radical (unpaired) electrons. The fourth-order valence-electron chi connectivity index (χ4n) is 2.55. The second kappa shape index (κ2) is 4.44. The van der Waals surface area contributed by atoms with Gasteiger partial charge in [0.05, 0.1) is 6.04 Å². The van der Waals surface area contributed by atoms with Crippen molar-refractivity contribution in [2.24, 2.45) is 5.73 Å². The molecule has 0 amide bonds. The van der Waals surface area contributed by atoms with Crippen LogP contribution in [0.25, 0.3) is 0 Å². The minimum Gasteiger partial charge on any atom is -0.399 e. The summed E-state index contributed by atoms with van der Waals surface area (Å²) in [6, 6.07) is 9.24. The molecule has 0 aromatic heterocycles. The second-order valence-corrected chi connectivity index (χ2v) is 4.90. The SMILES string of the molecule is CC(C)N1CC[C@H](N)[C@H]1c1ccc(N)cc1. The molecular formula is C13H21N3. The summed E-state index contributed by atoms with van der Waals surface area (Å²) in [5, 5.41) is 0. The molecule has 4 N–H and O–H groups in total. The minimum absolute atomic E-state index is 0.242. The molecule has 1 aromatic rings. The van der Waals surface area contributed by atoms with Crippen molar-refractivity contribution in [2.75, 3.05) is 12.3 Å². The van der Waals surface area contributed by atoms with E-state index in [1.54, 1.807) is 0 Å². The van der Waals surface area contributed by atoms with E-state index < -0.39 is 0 Å². The lowest BCUT2D eigenvalue weighted by Crippen LogP contribution is -2.35. The molecule has 0 spiro atoms. The average Bonchev–Trinajstić information content (AvgIpc) is 2.62. The Balaban J connectivity index is 2.26. The average molecular weight is 219 g/mol. The number of likely N-dealkylation sites (tertiary alicyclic amines) is 1. The normalized spacial score (nSPS) is 26.5. The molecule has 3 heteroatoms. The van der Waals surface area contributed by atoms with E-state index in [1.807, 2.05) is 12.1 Å². The Kier molecular flexibility index (Phi) is 3.17. The standard InChI is InChI=1S/C13H21N3/c1-9(2)16-8-7-12(15)13(16)10-3-5-11(14)6-4-10/h3-6,9,12-13H,7-8,14-15H2,1-2H3/t12-,13+/m0/s1. The summed E-state index contributed by atoms with van der Waals surface area (Å²) in [6.07, 6.45) is 1.08. The predicted molar refractivity (Wildman–Crippen MR) is 68.0 cm³/mol. The van der Waals surface area contributed by atoms with Gasteiger partial charge in [-0.15, -0.1) is 0 Å². The first-order chi connectivity index (χ1) is 7.59. The van der Waals surface area contributed by atoms with E-state index in [-0.39, 0.29) is 6.04 Å². The highest BCUT2D eigenvalue weighted by molar-refractivity contribution is 5.40. The van der Waals surface area contributed by atoms with E-state index in [4.69, 9.17) is 11.5 Å². The highest BCUT2D eigenvalue weighted by atomic mass is 15.2. The van der Waals surface area contributed by atoms with Crippen LogP contribution in [0.5, 0.6) is 0 Å². The lowest BCUT2D eigenvalue weighted by Gasteiger charge is -2.30. The summed E-state index contributed by atoms with van der Waals surface area (Å²) in [7, 11) is 0. The van der Waals surface area contributed by atoms with Gasteiger partial charge in [0.25, 0.3) is 0 Å². The molecule has 1 aliphatic heterocycles. The lowest BCUT2D eigenvalue weighted by atomic mass is 10.00. The Hall–Kier alpha value is -1.06. The van der Waals surface area contributed by atoms with Crippen LogP contribution in [0.3, 0.4) is 0 Å². The molecule has 1 fully saturated rings. The number of hydrogen-bond donors (Lipinski definition) is 2. The van der Waals surface area contributed by atoms with Crippen LogP contribution in [0.4, 0.5) is 5.69 Å². The third-order valence-electron chi connectivity index (χ3n) is 3.42. The zero-order valence-electron chi connectivity index (χ0n) is 10.1. The zero-order chi connectivity index (χ0) is 11.7. The zero-order valence-corrected chi connectivity index (χ0v) is 10.1. The Bertz CT molecular complexity index is 345. The summed E-state index contributed by atoms with van der Waals surface area (Å²) in [4.78, 5) is 2.47. The Labute approximate surface area is 97.4 Å². The van der Waals surface area contributed by atoms with Crippen LogP contribution in [0, 0.1) is 0 Å². The van der Waals surface area contributed by atoms with Crippen LogP contribution in [0.2, 0.25) is 0 Å². The summed E-state index contributed by atoms with van der Waals surface area (Å²) < 4.78 is 0. The summed E-state index contributed by atoms with van der Waals surface area (Å²) in [5.41, 5.74) is 14.0. The van der Waals surface area contributed by atoms with Gasteiger partial charge in [-0.2, -0.15) is 0 Å². The van der Waals surface area contributed by atoms with Crippen LogP contribution < -0.4 is 11.5 Å². The fourth-order valence-corrected chi connectivity index (χ4v) is 2.55. The van der Waals surface area contributed by atoms with Crippen molar-refractivity contribution in [1.29, 1.82) is 0 Å². The highest BCUT2D eigenvalue weighted by Crippen LogP contribution is 2.32. The van der Waals surface area contributed by atoms with Crippen molar-refractivity contribution < 1.29 is 0 Å². The molecule has 1 aliphatic rings. The van der Waals surface area contributed by atoms with E-state index in [0.717, 1.165) is 18.7 Å². The van der Waals surface area contributed by atoms with E-state index in [0.29, 0.717) is 12.1 Å². The van der Waals surface area contributed by atoms with Gasteiger partial charge in [0.2, 0.25) is 0 Å². The Morgan fingerprint density at radius 1 is 1.25 bits per heavy atom. The fraction of sp³-hybridized carbons (Fsp3) is 0.538. The number of rotatable bonds is 2. The maximum atomic E-state index is 6.20. The lowest BCUT2D eigenvalue weighted by molar-refractivity contribution is 0.198. The van der Waals surface area contributed by atoms with Gasteiger partial charge in [-0.1, -0.05) is 12.1 Å². The molecule has 1 aromatic carbocycles. The maximum absolute atomic E-state index is 6.20. The van der Waals surface area contributed by atoms with Crippen molar-refractivity contribution in [1.82, 2.24) is 4.90 Å². The number of nitrogens with two attached hydrogens (primary N) is 2. The molecule has 0 saturated carbocycles. The van der Waals surface area contributed by atoms with Gasteiger partial charge in [-0.25, -0.2) is 0 Å². The first-order valence-corrected chi connectivity index (χ1v) is 5.96. The van der Waals surface area contributed by atoms with Crippen LogP contribution in [-0.4, -0.2) is 23.5 Å². The molecule has 0 bridgehead atoms. The quantitative estimate of drug-likeness (QED) is 0.745. The van der Waals surface area contributed by atoms with Crippen LogP contribution in [0.15, 0.2) is 24.3 Å². The number of benzene rings is 1. The summed E-state index contributed by atoms with van der Waals surface area (Å²) in [6.45, 7) is 5.54. The molecule has 1 saturated heterocycles. The second-order valence-electron chi connectivity index (χ2n) is 4.90. The number of anilines is 1. The first-order valence-electron chi connectivity index (χ1n) is 5.96. The molecule has 16 heavy (non-hydrogen) atoms. The van der Waals surface area contributed by atoms with E-state index in [2.05, 4.69) is 30.9 Å². The number of hydrogen-bond acceptors (Lipinski definition) is 3. The molecule has 1 heterocycles. The van der Waals surface area contributed by atoms with E-state index >= 15 is 0 Å². The van der Waals surface area contributed by atoms with Crippen LogP contribution in [-0.2, 0) is 0 Å². The first kappa shape index (κ1) is 11.4. The monoisotopic (exact) mass is 219 g/mol.